The lowest BCUT2D eigenvalue weighted by molar-refractivity contribution is -0.277. The van der Waals surface area contributed by atoms with Crippen molar-refractivity contribution in [3.05, 3.63) is 0 Å². The van der Waals surface area contributed by atoms with E-state index in [0.717, 1.165) is 6.92 Å². The summed E-state index contributed by atoms with van der Waals surface area (Å²) in [6.45, 7) is 0.796. The fourth-order valence-corrected chi connectivity index (χ4v) is 1.03. The zero-order valence-corrected chi connectivity index (χ0v) is 9.13. The van der Waals surface area contributed by atoms with Gasteiger partial charge in [-0.05, 0) is 6.92 Å². The van der Waals surface area contributed by atoms with E-state index in [1.54, 1.807) is 0 Å². The van der Waals surface area contributed by atoms with Crippen LogP contribution in [0.3, 0.4) is 0 Å². The number of alkyl halides is 6. The maximum Gasteiger partial charge on any atom is 0.409 e. The molecule has 0 rings (SSSR count). The second kappa shape index (κ2) is 5.02. The van der Waals surface area contributed by atoms with Crippen molar-refractivity contribution in [1.82, 2.24) is 4.90 Å². The molecule has 4 nitrogen and oxygen atoms in total. The van der Waals surface area contributed by atoms with Crippen LogP contribution in [0.15, 0.2) is 0 Å². The number of hydrogen-bond acceptors (Lipinski definition) is 2. The van der Waals surface area contributed by atoms with Crippen LogP contribution < -0.4 is 0 Å². The summed E-state index contributed by atoms with van der Waals surface area (Å²) >= 11 is 0. The summed E-state index contributed by atoms with van der Waals surface area (Å²) in [6.07, 6.45) is -11.7. The van der Waals surface area contributed by atoms with Crippen LogP contribution in [0.1, 0.15) is 6.92 Å². The highest BCUT2D eigenvalue weighted by atomic mass is 19.4. The zero-order chi connectivity index (χ0) is 14.9. The molecule has 0 fully saturated rings. The lowest BCUT2D eigenvalue weighted by Gasteiger charge is -2.28. The van der Waals surface area contributed by atoms with Gasteiger partial charge in [-0.3, -0.25) is 4.79 Å². The number of aliphatic carboxylic acids is 1. The lowest BCUT2D eigenvalue weighted by atomic mass is 10.1. The third-order valence-electron chi connectivity index (χ3n) is 2.19. The lowest BCUT2D eigenvalue weighted by Crippen LogP contribution is -2.52. The predicted molar refractivity (Wildman–Crippen MR) is 45.5 cm³/mol. The van der Waals surface area contributed by atoms with E-state index in [-0.39, 0.29) is 4.90 Å². The Morgan fingerprint density at radius 3 is 1.61 bits per heavy atom. The third kappa shape index (κ3) is 3.77. The standard InChI is InChI=1S/C8H9F6NO3/c1-3(6(17)18)15(2)5(16)4(7(9,10)11)8(12,13)14/h3-4H,1-2H3,(H,17,18). The number of carboxylic acid groups (broad SMARTS) is 1. The molecule has 1 unspecified atom stereocenters. The predicted octanol–water partition coefficient (Wildman–Crippen LogP) is 1.66. The minimum atomic E-state index is -5.83. The number of hydrogen-bond donors (Lipinski definition) is 1. The summed E-state index contributed by atoms with van der Waals surface area (Å²) < 4.78 is 73.1. The van der Waals surface area contributed by atoms with Gasteiger partial charge in [0.2, 0.25) is 11.8 Å². The molecule has 0 spiro atoms. The van der Waals surface area contributed by atoms with Crippen molar-refractivity contribution >= 4 is 11.9 Å². The number of nitrogens with zero attached hydrogens (tertiary/aromatic N) is 1. The summed E-state index contributed by atoms with van der Waals surface area (Å²) in [6, 6.07) is -1.80. The molecule has 106 valence electrons. The normalized spacial score (nSPS) is 14.5. The molecule has 0 bridgehead atoms. The summed E-state index contributed by atoms with van der Waals surface area (Å²) in [5, 5.41) is 8.43. The van der Waals surface area contributed by atoms with Crippen molar-refractivity contribution in [2.75, 3.05) is 7.05 Å². The largest absolute Gasteiger partial charge is 0.480 e. The van der Waals surface area contributed by atoms with Gasteiger partial charge in [0.05, 0.1) is 0 Å². The van der Waals surface area contributed by atoms with E-state index in [2.05, 4.69) is 0 Å². The summed E-state index contributed by atoms with van der Waals surface area (Å²) in [4.78, 5) is 21.4. The fraction of sp³-hybridized carbons (Fsp3) is 0.750. The first kappa shape index (κ1) is 16.5. The van der Waals surface area contributed by atoms with Crippen LogP contribution in [0.2, 0.25) is 0 Å². The molecule has 0 aromatic rings. The highest BCUT2D eigenvalue weighted by Crippen LogP contribution is 2.40. The molecular formula is C8H9F6NO3. The Kier molecular flexibility index (Phi) is 4.61. The Hall–Kier alpha value is -1.48. The Labute approximate surface area is 97.2 Å². The SMILES string of the molecule is CC(C(=O)O)N(C)C(=O)C(C(F)(F)F)C(F)(F)F. The molecule has 1 N–H and O–H groups in total. The highest BCUT2D eigenvalue weighted by molar-refractivity contribution is 5.85. The molecular weight excluding hydrogens is 272 g/mol. The number of likely N-dealkylation sites (N-methyl/N-ethyl adjacent to an activating group) is 1. The van der Waals surface area contributed by atoms with Crippen LogP contribution in [0, 0.1) is 5.92 Å². The average molecular weight is 281 g/mol. The summed E-state index contributed by atoms with van der Waals surface area (Å²) in [5.74, 6) is -8.30. The van der Waals surface area contributed by atoms with Gasteiger partial charge in [-0.15, -0.1) is 0 Å². The molecule has 0 aromatic heterocycles. The number of amides is 1. The molecule has 0 aliphatic rings. The second-order valence-electron chi connectivity index (χ2n) is 3.48. The Bertz CT molecular complexity index is 323. The molecule has 0 saturated carbocycles. The molecule has 0 saturated heterocycles. The van der Waals surface area contributed by atoms with Gasteiger partial charge in [-0.2, -0.15) is 26.3 Å². The van der Waals surface area contributed by atoms with Crippen molar-refractivity contribution in [1.29, 1.82) is 0 Å². The van der Waals surface area contributed by atoms with Crippen LogP contribution in [0.4, 0.5) is 26.3 Å². The number of carbonyl (C=O) groups is 2. The Balaban J connectivity index is 5.30. The molecule has 0 aromatic carbocycles. The van der Waals surface area contributed by atoms with Crippen molar-refractivity contribution in [2.45, 2.75) is 25.3 Å². The summed E-state index contributed by atoms with van der Waals surface area (Å²) in [5.41, 5.74) is 0. The fourth-order valence-electron chi connectivity index (χ4n) is 1.03. The first-order valence-corrected chi connectivity index (χ1v) is 4.43. The molecule has 1 atom stereocenters. The minimum Gasteiger partial charge on any atom is -0.480 e. The minimum absolute atomic E-state index is 0.103. The van der Waals surface area contributed by atoms with Gasteiger partial charge in [0.25, 0.3) is 0 Å². The van der Waals surface area contributed by atoms with E-state index in [1.165, 1.54) is 0 Å². The van der Waals surface area contributed by atoms with Crippen LogP contribution in [-0.4, -0.2) is 47.3 Å². The Morgan fingerprint density at radius 2 is 1.39 bits per heavy atom. The van der Waals surface area contributed by atoms with Crippen molar-refractivity contribution in [2.24, 2.45) is 5.92 Å². The van der Waals surface area contributed by atoms with Gasteiger partial charge in [-0.25, -0.2) is 4.79 Å². The second-order valence-corrected chi connectivity index (χ2v) is 3.48. The quantitative estimate of drug-likeness (QED) is 0.800. The highest BCUT2D eigenvalue weighted by Gasteiger charge is 2.62. The van der Waals surface area contributed by atoms with E-state index in [1.807, 2.05) is 0 Å². The molecule has 0 aliphatic heterocycles. The number of carbonyl (C=O) groups excluding carboxylic acids is 1. The van der Waals surface area contributed by atoms with Crippen molar-refractivity contribution < 1.29 is 41.0 Å². The third-order valence-corrected chi connectivity index (χ3v) is 2.19. The van der Waals surface area contributed by atoms with Crippen LogP contribution in [-0.2, 0) is 9.59 Å². The molecule has 0 radical (unpaired) electrons. The van der Waals surface area contributed by atoms with Gasteiger partial charge in [0, 0.05) is 7.05 Å². The van der Waals surface area contributed by atoms with Crippen molar-refractivity contribution in [3.63, 3.8) is 0 Å². The van der Waals surface area contributed by atoms with Crippen LogP contribution in [0.5, 0.6) is 0 Å². The van der Waals surface area contributed by atoms with Crippen LogP contribution >= 0.6 is 0 Å². The van der Waals surface area contributed by atoms with Crippen LogP contribution in [0.25, 0.3) is 0 Å². The first-order chi connectivity index (χ1) is 7.80. The number of carboxylic acids is 1. The van der Waals surface area contributed by atoms with Gasteiger partial charge in [0.15, 0.2) is 0 Å². The molecule has 1 amide bonds. The zero-order valence-electron chi connectivity index (χ0n) is 9.13. The number of rotatable bonds is 3. The molecule has 10 heteroatoms. The monoisotopic (exact) mass is 281 g/mol. The topological polar surface area (TPSA) is 57.6 Å². The first-order valence-electron chi connectivity index (χ1n) is 4.43. The van der Waals surface area contributed by atoms with Gasteiger partial charge in [0.1, 0.15) is 6.04 Å². The average Bonchev–Trinajstić information content (AvgIpc) is 2.10. The van der Waals surface area contributed by atoms with E-state index in [4.69, 9.17) is 5.11 Å². The molecule has 0 heterocycles. The Morgan fingerprint density at radius 1 is 1.06 bits per heavy atom. The van der Waals surface area contributed by atoms with E-state index >= 15 is 0 Å². The maximum absolute atomic E-state index is 12.2. The summed E-state index contributed by atoms with van der Waals surface area (Å²) in [7, 11) is 0.561. The van der Waals surface area contributed by atoms with E-state index in [9.17, 15) is 35.9 Å². The molecule has 18 heavy (non-hydrogen) atoms. The van der Waals surface area contributed by atoms with Gasteiger partial charge < -0.3 is 10.0 Å². The molecule has 0 aliphatic carbocycles. The van der Waals surface area contributed by atoms with E-state index in [0.29, 0.717) is 7.05 Å². The van der Waals surface area contributed by atoms with Gasteiger partial charge >= 0.3 is 18.3 Å². The number of halogens is 6. The van der Waals surface area contributed by atoms with Gasteiger partial charge in [-0.1, -0.05) is 0 Å². The maximum atomic E-state index is 12.2. The van der Waals surface area contributed by atoms with E-state index < -0.39 is 36.2 Å². The van der Waals surface area contributed by atoms with Crippen molar-refractivity contribution in [3.8, 4) is 0 Å². The smallest absolute Gasteiger partial charge is 0.409 e.